The number of pyridine rings is 2. The number of nitrogens with one attached hydrogen (secondary N) is 1. The molecule has 294 valence electrons. The molecule has 1 saturated heterocycles. The Morgan fingerprint density at radius 3 is 2.32 bits per heavy atom. The molecule has 0 bridgehead atoms. The van der Waals surface area contributed by atoms with Gasteiger partial charge in [0.1, 0.15) is 11.2 Å². The number of hydrogen-bond donors (Lipinski definition) is 2. The fourth-order valence-electron chi connectivity index (χ4n) is 6.83. The minimum atomic E-state index is -0.708. The summed E-state index contributed by atoms with van der Waals surface area (Å²) >= 11 is 14.3. The Kier molecular flexibility index (Phi) is 12.3. The first-order valence-corrected chi connectivity index (χ1v) is 19.1. The Labute approximate surface area is 336 Å². The van der Waals surface area contributed by atoms with Crippen LogP contribution < -0.4 is 15.6 Å². The molecule has 4 heterocycles. The van der Waals surface area contributed by atoms with Gasteiger partial charge in [-0.15, -0.1) is 0 Å². The largest absolute Gasteiger partial charge is 0.481 e. The first kappa shape index (κ1) is 40.6. The van der Waals surface area contributed by atoms with Crippen LogP contribution in [0.5, 0.6) is 5.88 Å². The van der Waals surface area contributed by atoms with Gasteiger partial charge in [-0.25, -0.2) is 14.8 Å². The number of ether oxygens (including phenoxy) is 2. The Bertz CT molecular complexity index is 2320. The topological polar surface area (TPSA) is 139 Å². The lowest BCUT2D eigenvalue weighted by atomic mass is 9.97. The van der Waals surface area contributed by atoms with Crippen molar-refractivity contribution in [3.8, 4) is 39.4 Å². The summed E-state index contributed by atoms with van der Waals surface area (Å²) in [6.07, 6.45) is 3.29. The molecule has 6 rings (SSSR count). The van der Waals surface area contributed by atoms with Crippen LogP contribution in [0.25, 0.3) is 39.2 Å². The molecule has 2 amide bonds. The molecule has 2 atom stereocenters. The highest BCUT2D eigenvalue weighted by Gasteiger charge is 2.29. The molecule has 56 heavy (non-hydrogen) atoms. The molecule has 0 spiro atoms. The minimum Gasteiger partial charge on any atom is -0.481 e. The van der Waals surface area contributed by atoms with Crippen LogP contribution in [0, 0.1) is 0 Å². The molecule has 14 heteroatoms. The smallest absolute Gasteiger partial charge is 0.410 e. The van der Waals surface area contributed by atoms with E-state index in [1.807, 2.05) is 72.6 Å². The quantitative estimate of drug-likeness (QED) is 0.134. The van der Waals surface area contributed by atoms with E-state index in [2.05, 4.69) is 10.3 Å². The van der Waals surface area contributed by atoms with Gasteiger partial charge in [-0.1, -0.05) is 59.6 Å². The number of benzene rings is 2. The van der Waals surface area contributed by atoms with Crippen molar-refractivity contribution in [3.63, 3.8) is 0 Å². The first-order valence-electron chi connectivity index (χ1n) is 18.4. The Morgan fingerprint density at radius 1 is 1.00 bits per heavy atom. The second kappa shape index (κ2) is 17.0. The Morgan fingerprint density at radius 2 is 1.68 bits per heavy atom. The molecule has 0 radical (unpaired) electrons. The second-order valence-electron chi connectivity index (χ2n) is 15.1. The SMILES string of the molecule is COc1nc(-c2cccc(-c3cccc(-c4ccn5c(=O)c(CN(C)C[C@H](C)O)cnc5c4)c3Cl)c2Cl)ccc1CN(C[C@@H]1CCC(=O)N1)C(=O)OC(C)(C)C. The summed E-state index contributed by atoms with van der Waals surface area (Å²) in [5.74, 6) is 0.276. The molecule has 0 saturated carbocycles. The van der Waals surface area contributed by atoms with Gasteiger partial charge in [0, 0.05) is 72.3 Å². The van der Waals surface area contributed by atoms with E-state index in [1.165, 1.54) is 11.5 Å². The van der Waals surface area contributed by atoms with Gasteiger partial charge in [0.05, 0.1) is 41.1 Å². The van der Waals surface area contributed by atoms with Crippen LogP contribution in [0.1, 0.15) is 51.7 Å². The van der Waals surface area contributed by atoms with Gasteiger partial charge in [0.25, 0.3) is 5.56 Å². The number of halogens is 2. The van der Waals surface area contributed by atoms with E-state index in [0.29, 0.717) is 81.0 Å². The number of aromatic nitrogens is 3. The van der Waals surface area contributed by atoms with Crippen LogP contribution in [0.4, 0.5) is 4.79 Å². The number of amides is 2. The van der Waals surface area contributed by atoms with Gasteiger partial charge in [-0.3, -0.25) is 18.9 Å². The first-order chi connectivity index (χ1) is 26.6. The van der Waals surface area contributed by atoms with E-state index in [9.17, 15) is 19.5 Å². The summed E-state index contributed by atoms with van der Waals surface area (Å²) in [6, 6.07) is 18.5. The summed E-state index contributed by atoms with van der Waals surface area (Å²) in [5.41, 5.74) is 4.86. The predicted octanol–water partition coefficient (Wildman–Crippen LogP) is 7.23. The van der Waals surface area contributed by atoms with Gasteiger partial charge in [-0.2, -0.15) is 0 Å². The highest BCUT2D eigenvalue weighted by atomic mass is 35.5. The van der Waals surface area contributed by atoms with Crippen LogP contribution in [-0.4, -0.2) is 86.3 Å². The highest BCUT2D eigenvalue weighted by molar-refractivity contribution is 6.39. The van der Waals surface area contributed by atoms with E-state index < -0.39 is 17.8 Å². The fraction of sp³-hybridized carbons (Fsp3) is 0.357. The summed E-state index contributed by atoms with van der Waals surface area (Å²) in [4.78, 5) is 51.3. The molecule has 1 aliphatic rings. The number of methoxy groups -OCH3 is 1. The van der Waals surface area contributed by atoms with Crippen molar-refractivity contribution < 1.29 is 24.2 Å². The zero-order valence-electron chi connectivity index (χ0n) is 32.3. The van der Waals surface area contributed by atoms with Crippen molar-refractivity contribution in [2.75, 3.05) is 27.2 Å². The summed E-state index contributed by atoms with van der Waals surface area (Å²) < 4.78 is 12.9. The maximum atomic E-state index is 13.3. The van der Waals surface area contributed by atoms with Crippen molar-refractivity contribution in [2.24, 2.45) is 0 Å². The maximum Gasteiger partial charge on any atom is 0.410 e. The van der Waals surface area contributed by atoms with Gasteiger partial charge >= 0.3 is 6.09 Å². The van der Waals surface area contributed by atoms with Gasteiger partial charge in [0.2, 0.25) is 11.8 Å². The van der Waals surface area contributed by atoms with Crippen molar-refractivity contribution in [3.05, 3.63) is 105 Å². The number of aliphatic hydroxyl groups is 1. The maximum absolute atomic E-state index is 13.3. The average Bonchev–Trinajstić information content (AvgIpc) is 3.56. The zero-order chi connectivity index (χ0) is 40.3. The lowest BCUT2D eigenvalue weighted by Gasteiger charge is -2.29. The van der Waals surface area contributed by atoms with E-state index in [-0.39, 0.29) is 30.6 Å². The number of carbonyl (C=O) groups is 2. The van der Waals surface area contributed by atoms with Crippen LogP contribution in [-0.2, 0) is 22.6 Å². The van der Waals surface area contributed by atoms with E-state index in [4.69, 9.17) is 37.7 Å². The molecule has 1 aliphatic heterocycles. The molecule has 3 aromatic heterocycles. The van der Waals surface area contributed by atoms with Crippen molar-refractivity contribution in [2.45, 2.75) is 71.4 Å². The lowest BCUT2D eigenvalue weighted by molar-refractivity contribution is -0.119. The molecule has 12 nitrogen and oxygen atoms in total. The van der Waals surface area contributed by atoms with Crippen LogP contribution in [0.2, 0.25) is 10.0 Å². The number of nitrogens with zero attached hydrogens (tertiary/aromatic N) is 5. The molecule has 0 aliphatic carbocycles. The van der Waals surface area contributed by atoms with Crippen LogP contribution in [0.3, 0.4) is 0 Å². The average molecular weight is 802 g/mol. The number of aliphatic hydroxyl groups excluding tert-OH is 1. The van der Waals surface area contributed by atoms with Gasteiger partial charge in [0.15, 0.2) is 0 Å². The number of rotatable bonds is 12. The van der Waals surface area contributed by atoms with E-state index in [1.54, 1.807) is 45.0 Å². The molecule has 2 N–H and O–H groups in total. The molecular formula is C42H46Cl2N6O6. The number of carbonyl (C=O) groups excluding carboxylic acids is 2. The summed E-state index contributed by atoms with van der Waals surface area (Å²) in [5, 5.41) is 13.5. The lowest BCUT2D eigenvalue weighted by Crippen LogP contribution is -2.43. The number of fused-ring (bicyclic) bond motifs is 1. The van der Waals surface area contributed by atoms with E-state index >= 15 is 0 Å². The Hall–Kier alpha value is -5.01. The normalized spacial score (nSPS) is 14.9. The van der Waals surface area contributed by atoms with Crippen molar-refractivity contribution in [1.82, 2.24) is 29.5 Å². The standard InChI is InChI=1S/C42H46Cl2N6O6/c1-25(51)21-48(5)22-28-20-45-35-19-26(17-18-50(35)40(28)53)30-9-7-10-31(37(30)43)32-11-8-12-33(38(32)44)34-15-13-27(39(47-34)55-6)23-49(41(54)56-42(2,3)4)24-29-14-16-36(52)46-29/h7-13,15,17-20,25,29,51H,14,16,21-24H2,1-6H3,(H,46,52)/t25-,29-/m0/s1. The predicted molar refractivity (Wildman–Crippen MR) is 218 cm³/mol. The number of hydrogen-bond acceptors (Lipinski definition) is 9. The molecule has 2 aromatic carbocycles. The second-order valence-corrected chi connectivity index (χ2v) is 15.9. The Balaban J connectivity index is 1.28. The summed E-state index contributed by atoms with van der Waals surface area (Å²) in [6.45, 7) is 8.34. The third-order valence-electron chi connectivity index (χ3n) is 9.34. The van der Waals surface area contributed by atoms with Gasteiger partial charge in [-0.05, 0) is 71.0 Å². The van der Waals surface area contributed by atoms with Gasteiger partial charge < -0.3 is 24.8 Å². The molecule has 0 unspecified atom stereocenters. The van der Waals surface area contributed by atoms with Crippen molar-refractivity contribution >= 4 is 40.8 Å². The minimum absolute atomic E-state index is 0.0392. The monoisotopic (exact) mass is 800 g/mol. The highest BCUT2D eigenvalue weighted by Crippen LogP contribution is 2.42. The van der Waals surface area contributed by atoms with Crippen LogP contribution in [0.15, 0.2) is 77.9 Å². The molecule has 1 fully saturated rings. The summed E-state index contributed by atoms with van der Waals surface area (Å²) in [7, 11) is 3.36. The molecular weight excluding hydrogens is 755 g/mol. The third kappa shape index (κ3) is 9.33. The van der Waals surface area contributed by atoms with Crippen molar-refractivity contribution in [1.29, 1.82) is 0 Å². The van der Waals surface area contributed by atoms with Crippen LogP contribution >= 0.6 is 23.2 Å². The number of likely N-dealkylation sites (N-methyl/N-ethyl adjacent to an activating group) is 1. The van der Waals surface area contributed by atoms with E-state index in [0.717, 1.165) is 11.1 Å². The third-order valence-corrected chi connectivity index (χ3v) is 10.2. The zero-order valence-corrected chi connectivity index (χ0v) is 33.8. The molecule has 5 aromatic rings. The fourth-order valence-corrected chi connectivity index (χ4v) is 7.49.